The van der Waals surface area contributed by atoms with Crippen LogP contribution in [-0.4, -0.2) is 26.9 Å². The van der Waals surface area contributed by atoms with Gasteiger partial charge in [-0.1, -0.05) is 23.4 Å². The normalized spacial score (nSPS) is 19.5. The standard InChI is InChI=1S/C25H26F2N4O2/c1-12-10-28-22-15(12)6-5-7-16(22)19-17(26)9-18-20(21(19)27)23(24(32)25(3,4)30-18)29-11-14-8-13(2)33-31-14/h5-10,23-24,28-30,32H,11H2,1-4H3/t23-,24?/m0/s1. The molecule has 0 aliphatic carbocycles. The first-order valence-corrected chi connectivity index (χ1v) is 10.9. The molecule has 0 fully saturated rings. The van der Waals surface area contributed by atoms with Gasteiger partial charge in [0, 0.05) is 41.0 Å². The number of hydrogen-bond acceptors (Lipinski definition) is 5. The lowest BCUT2D eigenvalue weighted by molar-refractivity contribution is 0.0660. The number of nitrogens with one attached hydrogen (secondary N) is 3. The summed E-state index contributed by atoms with van der Waals surface area (Å²) < 4.78 is 36.7. The fourth-order valence-electron chi connectivity index (χ4n) is 4.72. The summed E-state index contributed by atoms with van der Waals surface area (Å²) >= 11 is 0. The van der Waals surface area contributed by atoms with Crippen LogP contribution in [0.15, 0.2) is 41.1 Å². The molecule has 172 valence electrons. The Morgan fingerprint density at radius 3 is 2.73 bits per heavy atom. The Balaban J connectivity index is 1.66. The van der Waals surface area contributed by atoms with Gasteiger partial charge in [-0.25, -0.2) is 8.78 Å². The highest BCUT2D eigenvalue weighted by Crippen LogP contribution is 2.44. The number of aliphatic hydroxyl groups excluding tert-OH is 1. The first-order valence-electron chi connectivity index (χ1n) is 10.9. The van der Waals surface area contributed by atoms with Crippen LogP contribution in [0.2, 0.25) is 0 Å². The highest BCUT2D eigenvalue weighted by Gasteiger charge is 2.43. The van der Waals surface area contributed by atoms with Gasteiger partial charge >= 0.3 is 0 Å². The van der Waals surface area contributed by atoms with Crippen LogP contribution in [0.4, 0.5) is 14.5 Å². The minimum absolute atomic E-state index is 0.126. The molecule has 1 unspecified atom stereocenters. The highest BCUT2D eigenvalue weighted by atomic mass is 19.1. The van der Waals surface area contributed by atoms with Gasteiger partial charge in [-0.15, -0.1) is 0 Å². The lowest BCUT2D eigenvalue weighted by Gasteiger charge is -2.44. The van der Waals surface area contributed by atoms with Crippen LogP contribution in [0, 0.1) is 25.5 Å². The summed E-state index contributed by atoms with van der Waals surface area (Å²) in [5.41, 5.74) is 2.29. The molecular formula is C25H26F2N4O2. The summed E-state index contributed by atoms with van der Waals surface area (Å²) in [6.45, 7) is 7.57. The average Bonchev–Trinajstić information content (AvgIpc) is 3.34. The maximum Gasteiger partial charge on any atom is 0.140 e. The van der Waals surface area contributed by atoms with Crippen LogP contribution in [-0.2, 0) is 6.54 Å². The summed E-state index contributed by atoms with van der Waals surface area (Å²) in [6.07, 6.45) is 0.829. The van der Waals surface area contributed by atoms with Gasteiger partial charge in [0.25, 0.3) is 0 Å². The van der Waals surface area contributed by atoms with Gasteiger partial charge in [-0.05, 0) is 39.3 Å². The van der Waals surface area contributed by atoms with Crippen molar-refractivity contribution in [2.75, 3.05) is 5.32 Å². The summed E-state index contributed by atoms with van der Waals surface area (Å²) in [4.78, 5) is 3.14. The SMILES string of the molecule is Cc1cc(CN[C@H]2c3c(cc(F)c(-c4cccc5c(C)c[nH]c45)c3F)NC(C)(C)C2O)no1. The number of benzene rings is 2. The summed E-state index contributed by atoms with van der Waals surface area (Å²) in [5, 5.41) is 22.3. The van der Waals surface area contributed by atoms with Gasteiger partial charge in [0.2, 0.25) is 0 Å². The molecule has 3 heterocycles. The topological polar surface area (TPSA) is 86.1 Å². The number of halogens is 2. The number of aryl methyl sites for hydroxylation is 2. The zero-order chi connectivity index (χ0) is 23.5. The number of rotatable bonds is 4. The second-order valence-electron chi connectivity index (χ2n) is 9.29. The number of anilines is 1. The first kappa shape index (κ1) is 21.6. The Morgan fingerprint density at radius 1 is 1.21 bits per heavy atom. The number of H-pyrrole nitrogens is 1. The quantitative estimate of drug-likeness (QED) is 0.346. The van der Waals surface area contributed by atoms with Crippen molar-refractivity contribution < 1.29 is 18.4 Å². The maximum absolute atomic E-state index is 16.2. The summed E-state index contributed by atoms with van der Waals surface area (Å²) in [7, 11) is 0. The number of hydrogen-bond donors (Lipinski definition) is 4. The van der Waals surface area contributed by atoms with Crippen molar-refractivity contribution in [1.29, 1.82) is 0 Å². The van der Waals surface area contributed by atoms with Crippen molar-refractivity contribution in [1.82, 2.24) is 15.5 Å². The Labute approximate surface area is 190 Å². The van der Waals surface area contributed by atoms with Crippen molar-refractivity contribution in [2.24, 2.45) is 0 Å². The Morgan fingerprint density at radius 2 is 2.00 bits per heavy atom. The van der Waals surface area contributed by atoms with Gasteiger partial charge < -0.3 is 25.2 Å². The Hall–Kier alpha value is -3.23. The van der Waals surface area contributed by atoms with Gasteiger partial charge in [-0.3, -0.25) is 0 Å². The van der Waals surface area contributed by atoms with E-state index >= 15 is 8.78 Å². The number of aromatic nitrogens is 2. The molecule has 2 atom stereocenters. The number of nitrogens with zero attached hydrogens (tertiary/aromatic N) is 1. The van der Waals surface area contributed by atoms with Crippen molar-refractivity contribution in [3.05, 3.63) is 70.7 Å². The minimum Gasteiger partial charge on any atom is -0.389 e. The van der Waals surface area contributed by atoms with E-state index in [1.54, 1.807) is 39.0 Å². The number of aliphatic hydroxyl groups is 1. The Bertz CT molecular complexity index is 1360. The fourth-order valence-corrected chi connectivity index (χ4v) is 4.72. The Kier molecular flexibility index (Phi) is 5.02. The second-order valence-corrected chi connectivity index (χ2v) is 9.29. The molecule has 8 heteroatoms. The molecule has 4 aromatic rings. The molecule has 0 radical (unpaired) electrons. The van der Waals surface area contributed by atoms with E-state index in [4.69, 9.17) is 4.52 Å². The van der Waals surface area contributed by atoms with Crippen molar-refractivity contribution in [2.45, 2.75) is 51.9 Å². The smallest absolute Gasteiger partial charge is 0.140 e. The van der Waals surface area contributed by atoms with Gasteiger partial charge in [-0.2, -0.15) is 0 Å². The van der Waals surface area contributed by atoms with E-state index < -0.39 is 29.3 Å². The fraction of sp³-hybridized carbons (Fsp3) is 0.320. The predicted molar refractivity (Wildman–Crippen MR) is 123 cm³/mol. The van der Waals surface area contributed by atoms with Crippen LogP contribution in [0.25, 0.3) is 22.0 Å². The molecule has 0 saturated heterocycles. The predicted octanol–water partition coefficient (Wildman–Crippen LogP) is 5.11. The van der Waals surface area contributed by atoms with Crippen LogP contribution >= 0.6 is 0 Å². The number of para-hydroxylation sites is 1. The van der Waals surface area contributed by atoms with Crippen molar-refractivity contribution >= 4 is 16.6 Å². The molecule has 0 bridgehead atoms. The van der Waals surface area contributed by atoms with Gasteiger partial charge in [0.05, 0.1) is 34.5 Å². The van der Waals surface area contributed by atoms with Crippen LogP contribution in [0.5, 0.6) is 0 Å². The molecule has 1 aliphatic rings. The molecule has 4 N–H and O–H groups in total. The van der Waals surface area contributed by atoms with E-state index in [0.717, 1.165) is 10.9 Å². The monoisotopic (exact) mass is 452 g/mol. The molecule has 33 heavy (non-hydrogen) atoms. The minimum atomic E-state index is -0.991. The van der Waals surface area contributed by atoms with E-state index in [1.165, 1.54) is 6.07 Å². The van der Waals surface area contributed by atoms with Crippen molar-refractivity contribution in [3.8, 4) is 11.1 Å². The summed E-state index contributed by atoms with van der Waals surface area (Å²) in [5.74, 6) is -0.722. The lowest BCUT2D eigenvalue weighted by Crippen LogP contribution is -2.54. The summed E-state index contributed by atoms with van der Waals surface area (Å²) in [6, 6.07) is 7.69. The van der Waals surface area contributed by atoms with Gasteiger partial charge in [0.1, 0.15) is 17.4 Å². The first-order chi connectivity index (χ1) is 15.7. The number of aromatic amines is 1. The third kappa shape index (κ3) is 3.50. The van der Waals surface area contributed by atoms with Crippen LogP contribution < -0.4 is 10.6 Å². The van der Waals surface area contributed by atoms with Crippen molar-refractivity contribution in [3.63, 3.8) is 0 Å². The van der Waals surface area contributed by atoms with Crippen LogP contribution in [0.1, 0.15) is 42.5 Å². The molecule has 0 saturated carbocycles. The molecule has 5 rings (SSSR count). The van der Waals surface area contributed by atoms with Crippen LogP contribution in [0.3, 0.4) is 0 Å². The average molecular weight is 453 g/mol. The second kappa shape index (κ2) is 7.67. The van der Waals surface area contributed by atoms with E-state index in [2.05, 4.69) is 20.8 Å². The molecule has 6 nitrogen and oxygen atoms in total. The zero-order valence-corrected chi connectivity index (χ0v) is 18.9. The van der Waals surface area contributed by atoms with E-state index in [1.807, 2.05) is 19.2 Å². The zero-order valence-electron chi connectivity index (χ0n) is 18.9. The molecule has 2 aromatic carbocycles. The van der Waals surface area contributed by atoms with Gasteiger partial charge in [0.15, 0.2) is 0 Å². The van der Waals surface area contributed by atoms with E-state index in [9.17, 15) is 5.11 Å². The number of fused-ring (bicyclic) bond motifs is 2. The maximum atomic E-state index is 16.2. The third-order valence-corrected chi connectivity index (χ3v) is 6.45. The lowest BCUT2D eigenvalue weighted by atomic mass is 9.81. The molecule has 2 aromatic heterocycles. The highest BCUT2D eigenvalue weighted by molar-refractivity contribution is 5.96. The molecule has 1 aliphatic heterocycles. The molecule has 0 spiro atoms. The third-order valence-electron chi connectivity index (χ3n) is 6.45. The van der Waals surface area contributed by atoms with E-state index in [-0.39, 0.29) is 17.7 Å². The van der Waals surface area contributed by atoms with E-state index in [0.29, 0.717) is 28.2 Å². The molecule has 0 amide bonds. The largest absolute Gasteiger partial charge is 0.389 e. The molecular weight excluding hydrogens is 426 g/mol.